The van der Waals surface area contributed by atoms with E-state index in [1.807, 2.05) is 0 Å². The SMILES string of the molecule is O=C(NCC(F)F)C1[C@H]2CNC[C@@H]12. The lowest BCUT2D eigenvalue weighted by molar-refractivity contribution is -0.123. The van der Waals surface area contributed by atoms with Crippen LogP contribution in [0.5, 0.6) is 0 Å². The molecule has 1 amide bonds. The molecule has 13 heavy (non-hydrogen) atoms. The van der Waals surface area contributed by atoms with Crippen molar-refractivity contribution in [2.45, 2.75) is 6.43 Å². The first-order valence-corrected chi connectivity index (χ1v) is 4.46. The highest BCUT2D eigenvalue weighted by Crippen LogP contribution is 2.48. The first kappa shape index (κ1) is 8.87. The number of carbonyl (C=O) groups is 1. The van der Waals surface area contributed by atoms with Crippen molar-refractivity contribution < 1.29 is 13.6 Å². The van der Waals surface area contributed by atoms with E-state index in [9.17, 15) is 13.6 Å². The van der Waals surface area contributed by atoms with E-state index < -0.39 is 13.0 Å². The van der Waals surface area contributed by atoms with Crippen molar-refractivity contribution in [3.05, 3.63) is 0 Å². The molecule has 1 aliphatic carbocycles. The average molecular weight is 190 g/mol. The van der Waals surface area contributed by atoms with Gasteiger partial charge < -0.3 is 10.6 Å². The lowest BCUT2D eigenvalue weighted by atomic mass is 10.2. The number of rotatable bonds is 3. The van der Waals surface area contributed by atoms with E-state index in [2.05, 4.69) is 10.6 Å². The Morgan fingerprint density at radius 2 is 2.08 bits per heavy atom. The quantitative estimate of drug-likeness (QED) is 0.649. The van der Waals surface area contributed by atoms with Crippen LogP contribution in [0.1, 0.15) is 0 Å². The third-order valence-corrected chi connectivity index (χ3v) is 2.83. The van der Waals surface area contributed by atoms with Gasteiger partial charge >= 0.3 is 0 Å². The monoisotopic (exact) mass is 190 g/mol. The number of fused-ring (bicyclic) bond motifs is 1. The van der Waals surface area contributed by atoms with Crippen LogP contribution in [0.15, 0.2) is 0 Å². The smallest absolute Gasteiger partial charge is 0.255 e. The van der Waals surface area contributed by atoms with E-state index >= 15 is 0 Å². The van der Waals surface area contributed by atoms with Crippen molar-refractivity contribution in [1.82, 2.24) is 10.6 Å². The molecule has 0 aromatic carbocycles. The van der Waals surface area contributed by atoms with Gasteiger partial charge in [0.05, 0.1) is 6.54 Å². The fraction of sp³-hybridized carbons (Fsp3) is 0.875. The summed E-state index contributed by atoms with van der Waals surface area (Å²) < 4.78 is 23.5. The van der Waals surface area contributed by atoms with E-state index in [0.717, 1.165) is 13.1 Å². The number of carbonyl (C=O) groups excluding carboxylic acids is 1. The highest BCUT2D eigenvalue weighted by molar-refractivity contribution is 5.82. The zero-order chi connectivity index (χ0) is 9.42. The molecule has 2 rings (SSSR count). The maximum atomic E-state index is 11.7. The van der Waals surface area contributed by atoms with Crippen LogP contribution in [-0.4, -0.2) is 32.0 Å². The lowest BCUT2D eigenvalue weighted by Crippen LogP contribution is -2.32. The number of halogens is 2. The standard InChI is InChI=1S/C8H12F2N2O/c9-6(10)3-12-8(13)7-4-1-11-2-5(4)7/h4-7,11H,1-3H2,(H,12,13)/t4-,5+,7?. The van der Waals surface area contributed by atoms with Crippen molar-refractivity contribution in [3.8, 4) is 0 Å². The third kappa shape index (κ3) is 1.65. The van der Waals surface area contributed by atoms with Crippen molar-refractivity contribution in [1.29, 1.82) is 0 Å². The van der Waals surface area contributed by atoms with Gasteiger partial charge in [0, 0.05) is 5.92 Å². The molecule has 0 radical (unpaired) electrons. The van der Waals surface area contributed by atoms with E-state index in [1.165, 1.54) is 0 Å². The lowest BCUT2D eigenvalue weighted by Gasteiger charge is -2.05. The van der Waals surface area contributed by atoms with Crippen molar-refractivity contribution in [2.24, 2.45) is 17.8 Å². The van der Waals surface area contributed by atoms with Gasteiger partial charge in [-0.2, -0.15) is 0 Å². The Bertz CT molecular complexity index is 212. The molecule has 74 valence electrons. The Morgan fingerprint density at radius 1 is 1.46 bits per heavy atom. The molecule has 5 heteroatoms. The van der Waals surface area contributed by atoms with Crippen LogP contribution < -0.4 is 10.6 Å². The van der Waals surface area contributed by atoms with E-state index in [-0.39, 0.29) is 11.8 Å². The van der Waals surface area contributed by atoms with Crippen LogP contribution in [-0.2, 0) is 4.79 Å². The fourth-order valence-corrected chi connectivity index (χ4v) is 2.10. The predicted octanol–water partition coefficient (Wildman–Crippen LogP) is -0.167. The molecule has 1 aliphatic heterocycles. The maximum absolute atomic E-state index is 11.7. The molecule has 1 saturated heterocycles. The maximum Gasteiger partial charge on any atom is 0.255 e. The Hall–Kier alpha value is -0.710. The van der Waals surface area contributed by atoms with Gasteiger partial charge in [-0.15, -0.1) is 0 Å². The van der Waals surface area contributed by atoms with E-state index in [1.54, 1.807) is 0 Å². The molecule has 3 atom stereocenters. The van der Waals surface area contributed by atoms with Gasteiger partial charge in [-0.1, -0.05) is 0 Å². The topological polar surface area (TPSA) is 41.1 Å². The van der Waals surface area contributed by atoms with Gasteiger partial charge in [-0.25, -0.2) is 8.78 Å². The van der Waals surface area contributed by atoms with Crippen LogP contribution in [0.4, 0.5) is 8.78 Å². The van der Waals surface area contributed by atoms with Gasteiger partial charge in [-0.05, 0) is 24.9 Å². The first-order valence-electron chi connectivity index (χ1n) is 4.46. The zero-order valence-electron chi connectivity index (χ0n) is 7.09. The number of piperidine rings is 1. The predicted molar refractivity (Wildman–Crippen MR) is 42.4 cm³/mol. The summed E-state index contributed by atoms with van der Waals surface area (Å²) in [6.07, 6.45) is -2.44. The fourth-order valence-electron chi connectivity index (χ4n) is 2.10. The Labute approximate surface area is 74.9 Å². The molecule has 0 aromatic rings. The molecule has 1 unspecified atom stereocenters. The summed E-state index contributed by atoms with van der Waals surface area (Å²) in [6.45, 7) is 1.21. The molecule has 2 aliphatic rings. The van der Waals surface area contributed by atoms with Gasteiger partial charge in [-0.3, -0.25) is 4.79 Å². The number of nitrogens with one attached hydrogen (secondary N) is 2. The minimum absolute atomic E-state index is 0.000000000000000222. The molecule has 0 aromatic heterocycles. The van der Waals surface area contributed by atoms with Crippen molar-refractivity contribution in [3.63, 3.8) is 0 Å². The number of hydrogen-bond acceptors (Lipinski definition) is 2. The van der Waals surface area contributed by atoms with Crippen LogP contribution in [0.3, 0.4) is 0 Å². The third-order valence-electron chi connectivity index (χ3n) is 2.83. The number of alkyl halides is 2. The summed E-state index contributed by atoms with van der Waals surface area (Å²) in [4.78, 5) is 11.3. The number of amides is 1. The van der Waals surface area contributed by atoms with Crippen molar-refractivity contribution >= 4 is 5.91 Å². The normalized spacial score (nSPS) is 36.1. The summed E-state index contributed by atoms with van der Waals surface area (Å²) in [6, 6.07) is 0. The van der Waals surface area contributed by atoms with Crippen LogP contribution in [0, 0.1) is 17.8 Å². The van der Waals surface area contributed by atoms with Crippen LogP contribution >= 0.6 is 0 Å². The average Bonchev–Trinajstić information content (AvgIpc) is 2.56. The second kappa shape index (κ2) is 3.21. The molecule has 2 fully saturated rings. The highest BCUT2D eigenvalue weighted by atomic mass is 19.3. The highest BCUT2D eigenvalue weighted by Gasteiger charge is 2.56. The molecule has 1 heterocycles. The molecule has 0 bridgehead atoms. The molecule has 0 spiro atoms. The van der Waals surface area contributed by atoms with E-state index in [4.69, 9.17) is 0 Å². The second-order valence-corrected chi connectivity index (χ2v) is 3.65. The molecular formula is C8H12F2N2O. The number of hydrogen-bond donors (Lipinski definition) is 2. The molecular weight excluding hydrogens is 178 g/mol. The van der Waals surface area contributed by atoms with Crippen LogP contribution in [0.2, 0.25) is 0 Å². The molecule has 2 N–H and O–H groups in total. The molecule has 1 saturated carbocycles. The van der Waals surface area contributed by atoms with E-state index in [0.29, 0.717) is 11.8 Å². The van der Waals surface area contributed by atoms with Gasteiger partial charge in [0.1, 0.15) is 0 Å². The summed E-state index contributed by atoms with van der Waals surface area (Å²) in [7, 11) is 0. The summed E-state index contributed by atoms with van der Waals surface area (Å²) >= 11 is 0. The van der Waals surface area contributed by atoms with Gasteiger partial charge in [0.2, 0.25) is 5.91 Å². The summed E-state index contributed by atoms with van der Waals surface area (Å²) in [5.74, 6) is 0.604. The summed E-state index contributed by atoms with van der Waals surface area (Å²) in [5, 5.41) is 5.40. The Kier molecular flexibility index (Phi) is 2.19. The van der Waals surface area contributed by atoms with Gasteiger partial charge in [0.25, 0.3) is 6.43 Å². The Morgan fingerprint density at radius 3 is 2.62 bits per heavy atom. The summed E-state index contributed by atoms with van der Waals surface area (Å²) in [5.41, 5.74) is 0. The first-order chi connectivity index (χ1) is 6.20. The Balaban J connectivity index is 1.74. The van der Waals surface area contributed by atoms with Crippen molar-refractivity contribution in [2.75, 3.05) is 19.6 Å². The van der Waals surface area contributed by atoms with Crippen LogP contribution in [0.25, 0.3) is 0 Å². The minimum atomic E-state index is -2.44. The van der Waals surface area contributed by atoms with Gasteiger partial charge in [0.15, 0.2) is 0 Å². The minimum Gasteiger partial charge on any atom is -0.350 e. The second-order valence-electron chi connectivity index (χ2n) is 3.65. The zero-order valence-corrected chi connectivity index (χ0v) is 7.09. The largest absolute Gasteiger partial charge is 0.350 e. The molecule has 3 nitrogen and oxygen atoms in total.